The maximum atomic E-state index is 13.0. The lowest BCUT2D eigenvalue weighted by atomic mass is 9.96. The van der Waals surface area contributed by atoms with Gasteiger partial charge in [0, 0.05) is 5.92 Å². The summed E-state index contributed by atoms with van der Waals surface area (Å²) >= 11 is 0. The summed E-state index contributed by atoms with van der Waals surface area (Å²) in [7, 11) is 0. The maximum absolute atomic E-state index is 13.0. The number of carbonyl (C=O) groups is 3. The SMILES string of the molecule is CCC(C)CC(NC(=O)C(NC(=O)OCC1c2ccccc2-c2ccccc21)C(C)CC)C(=O)O. The average molecular weight is 481 g/mol. The minimum absolute atomic E-state index is 0.0871. The van der Waals surface area contributed by atoms with Crippen LogP contribution in [0.5, 0.6) is 0 Å². The predicted molar refractivity (Wildman–Crippen MR) is 135 cm³/mol. The standard InChI is InChI=1S/C28H36N2O5/c1-5-17(3)15-24(27(32)33)29-26(31)25(18(4)6-2)30-28(34)35-16-23-21-13-9-7-11-19(21)20-12-8-10-14-22(20)23/h7-14,17-18,23-25H,5-6,15-16H2,1-4H3,(H,29,31)(H,30,34)(H,32,33). The van der Waals surface area contributed by atoms with Crippen LogP contribution in [0.3, 0.4) is 0 Å². The monoisotopic (exact) mass is 480 g/mol. The lowest BCUT2D eigenvalue weighted by molar-refractivity contribution is -0.142. The zero-order valence-corrected chi connectivity index (χ0v) is 20.9. The molecule has 0 saturated carbocycles. The molecule has 0 heterocycles. The Labute approximate surface area is 207 Å². The number of fused-ring (bicyclic) bond motifs is 3. The first-order valence-corrected chi connectivity index (χ1v) is 12.4. The van der Waals surface area contributed by atoms with Crippen molar-refractivity contribution < 1.29 is 24.2 Å². The van der Waals surface area contributed by atoms with E-state index >= 15 is 0 Å². The van der Waals surface area contributed by atoms with Crippen molar-refractivity contribution in [1.82, 2.24) is 10.6 Å². The Morgan fingerprint density at radius 3 is 2.00 bits per heavy atom. The van der Waals surface area contributed by atoms with E-state index in [1.54, 1.807) is 0 Å². The maximum Gasteiger partial charge on any atom is 0.407 e. The summed E-state index contributed by atoms with van der Waals surface area (Å²) in [6.45, 7) is 7.83. The first-order chi connectivity index (χ1) is 16.8. The van der Waals surface area contributed by atoms with E-state index in [1.807, 2.05) is 64.1 Å². The summed E-state index contributed by atoms with van der Waals surface area (Å²) < 4.78 is 5.60. The normalized spacial score (nSPS) is 15.8. The molecule has 3 rings (SSSR count). The number of carbonyl (C=O) groups excluding carboxylic acids is 2. The molecule has 4 atom stereocenters. The Morgan fingerprint density at radius 1 is 0.914 bits per heavy atom. The van der Waals surface area contributed by atoms with Crippen LogP contribution in [0.25, 0.3) is 11.1 Å². The van der Waals surface area contributed by atoms with E-state index < -0.39 is 30.1 Å². The Morgan fingerprint density at radius 2 is 1.49 bits per heavy atom. The third-order valence-electron chi connectivity index (χ3n) is 7.06. The molecule has 2 aromatic carbocycles. The highest BCUT2D eigenvalue weighted by Gasteiger charge is 2.32. The summed E-state index contributed by atoms with van der Waals surface area (Å²) in [5, 5.41) is 14.9. The van der Waals surface area contributed by atoms with Gasteiger partial charge in [-0.1, -0.05) is 89.1 Å². The van der Waals surface area contributed by atoms with E-state index in [-0.39, 0.29) is 24.4 Å². The number of hydrogen-bond donors (Lipinski definition) is 3. The number of aliphatic carboxylic acids is 1. The molecule has 4 unspecified atom stereocenters. The molecule has 0 radical (unpaired) electrons. The third kappa shape index (κ3) is 6.21. The molecule has 2 aromatic rings. The van der Waals surface area contributed by atoms with Crippen molar-refractivity contribution in [2.75, 3.05) is 6.61 Å². The molecule has 35 heavy (non-hydrogen) atoms. The average Bonchev–Trinajstić information content (AvgIpc) is 3.18. The van der Waals surface area contributed by atoms with Gasteiger partial charge in [-0.05, 0) is 40.5 Å². The number of ether oxygens (including phenoxy) is 1. The van der Waals surface area contributed by atoms with Crippen LogP contribution in [0.15, 0.2) is 48.5 Å². The van der Waals surface area contributed by atoms with Crippen LogP contribution in [0, 0.1) is 11.8 Å². The fourth-order valence-electron chi connectivity index (χ4n) is 4.52. The second kappa shape index (κ2) is 11.9. The van der Waals surface area contributed by atoms with Gasteiger partial charge in [0.1, 0.15) is 18.7 Å². The van der Waals surface area contributed by atoms with E-state index in [1.165, 1.54) is 0 Å². The van der Waals surface area contributed by atoms with Crippen molar-refractivity contribution in [2.24, 2.45) is 11.8 Å². The Hall–Kier alpha value is -3.35. The molecule has 1 aliphatic rings. The minimum atomic E-state index is -1.08. The molecule has 3 N–H and O–H groups in total. The first kappa shape index (κ1) is 26.3. The second-order valence-electron chi connectivity index (χ2n) is 9.48. The van der Waals surface area contributed by atoms with E-state index in [0.717, 1.165) is 28.7 Å². The smallest absolute Gasteiger partial charge is 0.407 e. The van der Waals surface area contributed by atoms with E-state index in [9.17, 15) is 19.5 Å². The number of carboxylic acid groups (broad SMARTS) is 1. The van der Waals surface area contributed by atoms with Crippen LogP contribution < -0.4 is 10.6 Å². The van der Waals surface area contributed by atoms with E-state index in [2.05, 4.69) is 22.8 Å². The molecule has 0 saturated heterocycles. The number of carboxylic acids is 1. The summed E-state index contributed by atoms with van der Waals surface area (Å²) in [4.78, 5) is 37.5. The van der Waals surface area contributed by atoms with Gasteiger partial charge < -0.3 is 20.5 Å². The Bertz CT molecular complexity index is 1010. The number of nitrogens with one attached hydrogen (secondary N) is 2. The molecule has 0 spiro atoms. The fraction of sp³-hybridized carbons (Fsp3) is 0.464. The predicted octanol–water partition coefficient (Wildman–Crippen LogP) is 4.95. The summed E-state index contributed by atoms with van der Waals surface area (Å²) in [5.74, 6) is -1.73. The number of amides is 2. The van der Waals surface area contributed by atoms with Crippen molar-refractivity contribution in [3.05, 3.63) is 59.7 Å². The highest BCUT2D eigenvalue weighted by molar-refractivity contribution is 5.89. The van der Waals surface area contributed by atoms with Crippen LogP contribution in [0.2, 0.25) is 0 Å². The van der Waals surface area contributed by atoms with Gasteiger partial charge in [0.25, 0.3) is 0 Å². The highest BCUT2D eigenvalue weighted by Crippen LogP contribution is 2.44. The van der Waals surface area contributed by atoms with E-state index in [4.69, 9.17) is 4.74 Å². The molecule has 7 nitrogen and oxygen atoms in total. The molecule has 0 aliphatic heterocycles. The Kier molecular flexibility index (Phi) is 8.90. The highest BCUT2D eigenvalue weighted by atomic mass is 16.5. The number of rotatable bonds is 11. The van der Waals surface area contributed by atoms with Crippen LogP contribution in [-0.2, 0) is 14.3 Å². The molecule has 0 aromatic heterocycles. The van der Waals surface area contributed by atoms with Gasteiger partial charge in [-0.25, -0.2) is 9.59 Å². The molecule has 2 amide bonds. The quantitative estimate of drug-likeness (QED) is 0.422. The van der Waals surface area contributed by atoms with Gasteiger partial charge in [-0.3, -0.25) is 4.79 Å². The van der Waals surface area contributed by atoms with Crippen LogP contribution in [-0.4, -0.2) is 41.8 Å². The lowest BCUT2D eigenvalue weighted by Gasteiger charge is -2.26. The lowest BCUT2D eigenvalue weighted by Crippen LogP contribution is -2.54. The van der Waals surface area contributed by atoms with Gasteiger partial charge in [0.2, 0.25) is 5.91 Å². The molecular weight excluding hydrogens is 444 g/mol. The van der Waals surface area contributed by atoms with Crippen molar-refractivity contribution in [2.45, 2.75) is 65.0 Å². The van der Waals surface area contributed by atoms with Crippen LogP contribution >= 0.6 is 0 Å². The fourth-order valence-corrected chi connectivity index (χ4v) is 4.52. The summed E-state index contributed by atoms with van der Waals surface area (Å²) in [6.07, 6.45) is 1.08. The summed E-state index contributed by atoms with van der Waals surface area (Å²) in [6, 6.07) is 14.2. The second-order valence-corrected chi connectivity index (χ2v) is 9.48. The molecule has 188 valence electrons. The molecule has 1 aliphatic carbocycles. The first-order valence-electron chi connectivity index (χ1n) is 12.4. The van der Waals surface area contributed by atoms with Gasteiger partial charge in [-0.15, -0.1) is 0 Å². The molecular formula is C28H36N2O5. The van der Waals surface area contributed by atoms with Gasteiger partial charge >= 0.3 is 12.1 Å². The Balaban J connectivity index is 1.67. The van der Waals surface area contributed by atoms with Crippen molar-refractivity contribution >= 4 is 18.0 Å². The van der Waals surface area contributed by atoms with Crippen LogP contribution in [0.4, 0.5) is 4.79 Å². The minimum Gasteiger partial charge on any atom is -0.480 e. The number of benzene rings is 2. The van der Waals surface area contributed by atoms with Crippen molar-refractivity contribution in [1.29, 1.82) is 0 Å². The van der Waals surface area contributed by atoms with E-state index in [0.29, 0.717) is 12.8 Å². The van der Waals surface area contributed by atoms with Crippen molar-refractivity contribution in [3.63, 3.8) is 0 Å². The van der Waals surface area contributed by atoms with Crippen LogP contribution in [0.1, 0.15) is 64.0 Å². The van der Waals surface area contributed by atoms with Gasteiger partial charge in [0.05, 0.1) is 0 Å². The zero-order chi connectivity index (χ0) is 25.5. The molecule has 0 bridgehead atoms. The largest absolute Gasteiger partial charge is 0.480 e. The van der Waals surface area contributed by atoms with Crippen molar-refractivity contribution in [3.8, 4) is 11.1 Å². The van der Waals surface area contributed by atoms with Gasteiger partial charge in [-0.2, -0.15) is 0 Å². The topological polar surface area (TPSA) is 105 Å². The molecule has 0 fully saturated rings. The number of hydrogen-bond acceptors (Lipinski definition) is 4. The van der Waals surface area contributed by atoms with Gasteiger partial charge in [0.15, 0.2) is 0 Å². The summed E-state index contributed by atoms with van der Waals surface area (Å²) in [5.41, 5.74) is 4.48. The third-order valence-corrected chi connectivity index (χ3v) is 7.06. The zero-order valence-electron chi connectivity index (χ0n) is 20.9. The molecule has 7 heteroatoms. The number of alkyl carbamates (subject to hydrolysis) is 1.